The van der Waals surface area contributed by atoms with Crippen molar-refractivity contribution in [2.24, 2.45) is 0 Å². The zero-order chi connectivity index (χ0) is 10.1. The van der Waals surface area contributed by atoms with Gasteiger partial charge in [-0.05, 0) is 12.1 Å². The van der Waals surface area contributed by atoms with Crippen LogP contribution in [0.5, 0.6) is 5.88 Å². The van der Waals surface area contributed by atoms with Crippen LogP contribution in [0.1, 0.15) is 0 Å². The van der Waals surface area contributed by atoms with Crippen molar-refractivity contribution in [3.63, 3.8) is 0 Å². The van der Waals surface area contributed by atoms with E-state index in [0.717, 1.165) is 0 Å². The minimum Gasteiger partial charge on any atom is -0.492 e. The van der Waals surface area contributed by atoms with Crippen LogP contribution in [-0.4, -0.2) is 26.0 Å². The van der Waals surface area contributed by atoms with Gasteiger partial charge in [0.25, 0.3) is 0 Å². The van der Waals surface area contributed by atoms with Crippen LogP contribution in [0.4, 0.5) is 0 Å². The molecule has 1 aromatic carbocycles. The minimum absolute atomic E-state index is 0.137. The molecule has 1 aromatic heterocycles. The third-order valence-corrected chi connectivity index (χ3v) is 1.92. The van der Waals surface area contributed by atoms with E-state index in [2.05, 4.69) is 5.10 Å². The number of hydrogen-bond acceptors (Lipinski definition) is 3. The number of fused-ring (bicyclic) bond motifs is 1. The van der Waals surface area contributed by atoms with Gasteiger partial charge in [-0.15, -0.1) is 5.10 Å². The van der Waals surface area contributed by atoms with Crippen molar-refractivity contribution in [2.45, 2.75) is 6.54 Å². The first-order valence-corrected chi connectivity index (χ1v) is 4.05. The van der Waals surface area contributed by atoms with Crippen molar-refractivity contribution in [1.82, 2.24) is 9.78 Å². The summed E-state index contributed by atoms with van der Waals surface area (Å²) in [6.07, 6.45) is 0. The van der Waals surface area contributed by atoms with Crippen LogP contribution in [0.2, 0.25) is 0 Å². The number of aromatic nitrogens is 2. The Hall–Kier alpha value is -2.04. The molecule has 0 aliphatic heterocycles. The van der Waals surface area contributed by atoms with Gasteiger partial charge < -0.3 is 10.2 Å². The van der Waals surface area contributed by atoms with Crippen LogP contribution in [0.3, 0.4) is 0 Å². The first kappa shape index (κ1) is 8.55. The molecule has 0 aliphatic carbocycles. The lowest BCUT2D eigenvalue weighted by Gasteiger charge is -1.96. The molecule has 0 unspecified atom stereocenters. The van der Waals surface area contributed by atoms with E-state index < -0.39 is 5.97 Å². The molecule has 0 radical (unpaired) electrons. The molecule has 5 nitrogen and oxygen atoms in total. The number of hydrogen-bond donors (Lipinski definition) is 2. The summed E-state index contributed by atoms with van der Waals surface area (Å²) in [4.78, 5) is 10.5. The fourth-order valence-corrected chi connectivity index (χ4v) is 1.36. The van der Waals surface area contributed by atoms with Crippen molar-refractivity contribution in [2.75, 3.05) is 0 Å². The molecule has 0 saturated carbocycles. The standard InChI is InChI=1S/C9H8N2O3/c12-8(13)5-11-7-4-2-1-3-6(7)9(14)10-11/h1-4H,5H2,(H,10,14)(H,12,13). The van der Waals surface area contributed by atoms with Gasteiger partial charge in [0.05, 0.1) is 10.9 Å². The molecular formula is C9H8N2O3. The molecule has 0 bridgehead atoms. The number of aliphatic carboxylic acids is 1. The average Bonchev–Trinajstić information content (AvgIpc) is 2.44. The van der Waals surface area contributed by atoms with Crippen LogP contribution < -0.4 is 0 Å². The van der Waals surface area contributed by atoms with Gasteiger partial charge in [-0.1, -0.05) is 12.1 Å². The van der Waals surface area contributed by atoms with E-state index in [0.29, 0.717) is 10.9 Å². The number of rotatable bonds is 2. The highest BCUT2D eigenvalue weighted by Gasteiger charge is 2.10. The summed E-state index contributed by atoms with van der Waals surface area (Å²) in [5.41, 5.74) is 0.618. The lowest BCUT2D eigenvalue weighted by Crippen LogP contribution is -2.09. The second-order valence-electron chi connectivity index (χ2n) is 2.89. The Morgan fingerprint density at radius 3 is 2.86 bits per heavy atom. The van der Waals surface area contributed by atoms with Gasteiger partial charge in [-0.3, -0.25) is 4.79 Å². The Balaban J connectivity index is 2.60. The number of benzene rings is 1. The van der Waals surface area contributed by atoms with Crippen molar-refractivity contribution >= 4 is 16.9 Å². The summed E-state index contributed by atoms with van der Waals surface area (Å²) < 4.78 is 1.26. The molecule has 72 valence electrons. The first-order valence-electron chi connectivity index (χ1n) is 4.05. The predicted octanol–water partition coefficient (Wildman–Crippen LogP) is 0.827. The lowest BCUT2D eigenvalue weighted by molar-refractivity contribution is -0.137. The third-order valence-electron chi connectivity index (χ3n) is 1.92. The molecule has 0 aliphatic rings. The third kappa shape index (κ3) is 1.28. The zero-order valence-corrected chi connectivity index (χ0v) is 7.21. The number of carboxylic acid groups (broad SMARTS) is 1. The van der Waals surface area contributed by atoms with Gasteiger partial charge in [0.1, 0.15) is 6.54 Å². The predicted molar refractivity (Wildman–Crippen MR) is 49.0 cm³/mol. The van der Waals surface area contributed by atoms with Gasteiger partial charge in [0, 0.05) is 0 Å². The van der Waals surface area contributed by atoms with E-state index in [1.165, 1.54) is 4.68 Å². The molecule has 14 heavy (non-hydrogen) atoms. The second-order valence-corrected chi connectivity index (χ2v) is 2.89. The smallest absolute Gasteiger partial charge is 0.325 e. The van der Waals surface area contributed by atoms with Crippen LogP contribution in [0, 0.1) is 0 Å². The molecule has 5 heteroatoms. The summed E-state index contributed by atoms with van der Waals surface area (Å²) in [6.45, 7) is -0.249. The average molecular weight is 192 g/mol. The molecule has 0 fully saturated rings. The number of carbonyl (C=O) groups is 1. The molecule has 0 amide bonds. The molecule has 0 spiro atoms. The van der Waals surface area contributed by atoms with Gasteiger partial charge in [-0.2, -0.15) is 0 Å². The summed E-state index contributed by atoms with van der Waals surface area (Å²) in [7, 11) is 0. The molecule has 1 heterocycles. The van der Waals surface area contributed by atoms with Crippen molar-refractivity contribution < 1.29 is 15.0 Å². The van der Waals surface area contributed by atoms with Gasteiger partial charge >= 0.3 is 5.97 Å². The quantitative estimate of drug-likeness (QED) is 0.738. The van der Waals surface area contributed by atoms with Gasteiger partial charge in [0.15, 0.2) is 0 Å². The van der Waals surface area contributed by atoms with Crippen LogP contribution in [-0.2, 0) is 11.3 Å². The largest absolute Gasteiger partial charge is 0.492 e. The number of para-hydroxylation sites is 1. The monoisotopic (exact) mass is 192 g/mol. The van der Waals surface area contributed by atoms with E-state index in [1.54, 1.807) is 24.3 Å². The van der Waals surface area contributed by atoms with Crippen molar-refractivity contribution in [1.29, 1.82) is 0 Å². The van der Waals surface area contributed by atoms with Crippen molar-refractivity contribution in [3.05, 3.63) is 24.3 Å². The Kier molecular flexibility index (Phi) is 1.85. The summed E-state index contributed by atoms with van der Waals surface area (Å²) in [5, 5.41) is 22.3. The van der Waals surface area contributed by atoms with Crippen LogP contribution >= 0.6 is 0 Å². The highest BCUT2D eigenvalue weighted by atomic mass is 16.4. The number of aromatic hydroxyl groups is 1. The summed E-state index contributed by atoms with van der Waals surface area (Å²) in [6, 6.07) is 6.93. The van der Waals surface area contributed by atoms with Gasteiger partial charge in [0.2, 0.25) is 5.88 Å². The molecule has 2 aromatic rings. The Labute approximate surface area is 79.2 Å². The molecule has 2 N–H and O–H groups in total. The first-order chi connectivity index (χ1) is 6.68. The van der Waals surface area contributed by atoms with Crippen molar-refractivity contribution in [3.8, 4) is 5.88 Å². The zero-order valence-electron chi connectivity index (χ0n) is 7.21. The maximum Gasteiger partial charge on any atom is 0.325 e. The fourth-order valence-electron chi connectivity index (χ4n) is 1.36. The molecule has 2 rings (SSSR count). The van der Waals surface area contributed by atoms with E-state index in [4.69, 9.17) is 5.11 Å². The summed E-state index contributed by atoms with van der Waals surface area (Å²) >= 11 is 0. The Morgan fingerprint density at radius 1 is 1.43 bits per heavy atom. The summed E-state index contributed by atoms with van der Waals surface area (Å²) in [5.74, 6) is -1.12. The number of nitrogens with zero attached hydrogens (tertiary/aromatic N) is 2. The second kappa shape index (κ2) is 3.02. The highest BCUT2D eigenvalue weighted by Crippen LogP contribution is 2.22. The number of carboxylic acids is 1. The van der Waals surface area contributed by atoms with E-state index in [1.807, 2.05) is 0 Å². The van der Waals surface area contributed by atoms with Gasteiger partial charge in [-0.25, -0.2) is 4.68 Å². The lowest BCUT2D eigenvalue weighted by atomic mass is 10.2. The maximum atomic E-state index is 10.5. The molecule has 0 atom stereocenters. The normalized spacial score (nSPS) is 10.6. The Morgan fingerprint density at radius 2 is 2.14 bits per heavy atom. The Bertz CT molecular complexity index is 490. The van der Waals surface area contributed by atoms with E-state index in [-0.39, 0.29) is 12.4 Å². The van der Waals surface area contributed by atoms with E-state index >= 15 is 0 Å². The topological polar surface area (TPSA) is 75.3 Å². The molecule has 0 saturated heterocycles. The molecular weight excluding hydrogens is 184 g/mol. The SMILES string of the molecule is O=C(O)Cn1nc(O)c2ccccc21. The van der Waals surface area contributed by atoms with Crippen LogP contribution in [0.25, 0.3) is 10.9 Å². The highest BCUT2D eigenvalue weighted by molar-refractivity contribution is 5.85. The maximum absolute atomic E-state index is 10.5. The van der Waals surface area contributed by atoms with Crippen LogP contribution in [0.15, 0.2) is 24.3 Å². The van der Waals surface area contributed by atoms with E-state index in [9.17, 15) is 9.90 Å². The fraction of sp³-hybridized carbons (Fsp3) is 0.111. The minimum atomic E-state index is -0.988.